The van der Waals surface area contributed by atoms with Crippen molar-refractivity contribution < 1.29 is 0 Å². The molecule has 0 aliphatic carbocycles. The molecule has 0 fully saturated rings. The highest BCUT2D eigenvalue weighted by molar-refractivity contribution is 4.69. The molecule has 0 bridgehead atoms. The molecule has 37 valence electrons. The van der Waals surface area contributed by atoms with E-state index in [0.29, 0.717) is 6.67 Å². The minimum atomic E-state index is 0.544. The second-order valence-corrected chi connectivity index (χ2v) is 1.38. The summed E-state index contributed by atoms with van der Waals surface area (Å²) in [7, 11) is 0. The van der Waals surface area contributed by atoms with Crippen molar-refractivity contribution in [2.75, 3.05) is 6.67 Å². The molecule has 0 aliphatic rings. The van der Waals surface area contributed by atoms with Gasteiger partial charge in [0.05, 0.1) is 0 Å². The Morgan fingerprint density at radius 1 is 1.67 bits per heavy atom. The minimum absolute atomic E-state index is 0.544. The molecule has 0 spiro atoms. The van der Waals surface area contributed by atoms with Gasteiger partial charge in [0.25, 0.3) is 0 Å². The molecule has 0 saturated carbocycles. The fraction of sp³-hybridized carbons (Fsp3) is 0.750. The second-order valence-electron chi connectivity index (χ2n) is 1.38. The van der Waals surface area contributed by atoms with Gasteiger partial charge in [-0.3, -0.25) is 5.32 Å². The van der Waals surface area contributed by atoms with E-state index in [1.165, 1.54) is 0 Å². The third-order valence-corrected chi connectivity index (χ3v) is 0.456. The average Bonchev–Trinajstić information content (AvgIpc) is 1.35. The molecule has 0 aromatic carbocycles. The van der Waals surface area contributed by atoms with E-state index in [1.807, 2.05) is 13.8 Å². The smallest absolute Gasteiger partial charge is 0.0433 e. The molecule has 0 saturated heterocycles. The van der Waals surface area contributed by atoms with Gasteiger partial charge in [0.15, 0.2) is 0 Å². The number of hydrogen-bond acceptors (Lipinski definition) is 2. The Bertz CT molecular complexity index is 26.7. The van der Waals surface area contributed by atoms with Crippen molar-refractivity contribution in [1.82, 2.24) is 5.32 Å². The number of hydrogen-bond donors (Lipinski definition) is 2. The highest BCUT2D eigenvalue weighted by Crippen LogP contribution is 1.81. The summed E-state index contributed by atoms with van der Waals surface area (Å²) in [5.41, 5.74) is 5.10. The summed E-state index contributed by atoms with van der Waals surface area (Å²) >= 11 is 0. The van der Waals surface area contributed by atoms with E-state index in [4.69, 9.17) is 5.73 Å². The SMILES string of the molecule is C[C](C)NCN. The summed E-state index contributed by atoms with van der Waals surface area (Å²) in [5, 5.41) is 2.90. The lowest BCUT2D eigenvalue weighted by atomic mass is 10.4. The third-order valence-electron chi connectivity index (χ3n) is 0.456. The Kier molecular flexibility index (Phi) is 3.08. The second kappa shape index (κ2) is 3.12. The molecule has 0 heterocycles. The molecule has 2 nitrogen and oxygen atoms in total. The number of nitrogens with two attached hydrogens (primary N) is 1. The van der Waals surface area contributed by atoms with Crippen LogP contribution in [-0.4, -0.2) is 6.67 Å². The van der Waals surface area contributed by atoms with E-state index < -0.39 is 0 Å². The minimum Gasteiger partial charge on any atom is -0.318 e. The highest BCUT2D eigenvalue weighted by atomic mass is 15.0. The monoisotopic (exact) mass is 87.1 g/mol. The van der Waals surface area contributed by atoms with Gasteiger partial charge >= 0.3 is 0 Å². The zero-order valence-electron chi connectivity index (χ0n) is 4.28. The van der Waals surface area contributed by atoms with Crippen LogP contribution in [0.3, 0.4) is 0 Å². The van der Waals surface area contributed by atoms with E-state index in [1.54, 1.807) is 0 Å². The topological polar surface area (TPSA) is 38.0 Å². The molecule has 3 N–H and O–H groups in total. The standard InChI is InChI=1S/C4H11N2/c1-4(2)6-3-5/h6H,3,5H2,1-2H3. The quantitative estimate of drug-likeness (QED) is 0.467. The summed E-state index contributed by atoms with van der Waals surface area (Å²) in [6.07, 6.45) is 0. The lowest BCUT2D eigenvalue weighted by Gasteiger charge is -1.99. The van der Waals surface area contributed by atoms with Crippen LogP contribution >= 0.6 is 0 Å². The molecule has 0 rings (SSSR count). The van der Waals surface area contributed by atoms with Gasteiger partial charge in [0, 0.05) is 12.7 Å². The first-order chi connectivity index (χ1) is 2.77. The van der Waals surface area contributed by atoms with Crippen molar-refractivity contribution in [3.05, 3.63) is 6.04 Å². The molecule has 0 atom stereocenters. The Morgan fingerprint density at radius 2 is 2.17 bits per heavy atom. The van der Waals surface area contributed by atoms with Crippen LogP contribution in [0.4, 0.5) is 0 Å². The fourth-order valence-corrected chi connectivity index (χ4v) is 0.204. The Balaban J connectivity index is 2.63. The first-order valence-electron chi connectivity index (χ1n) is 2.01. The van der Waals surface area contributed by atoms with Crippen molar-refractivity contribution in [2.45, 2.75) is 13.8 Å². The van der Waals surface area contributed by atoms with Crippen LogP contribution in [0.1, 0.15) is 13.8 Å². The maximum atomic E-state index is 5.10. The molecule has 2 heteroatoms. The van der Waals surface area contributed by atoms with Crippen molar-refractivity contribution >= 4 is 0 Å². The molecule has 0 unspecified atom stereocenters. The average molecular weight is 87.1 g/mol. The summed E-state index contributed by atoms with van der Waals surface area (Å²) in [4.78, 5) is 0. The van der Waals surface area contributed by atoms with Crippen molar-refractivity contribution in [3.63, 3.8) is 0 Å². The van der Waals surface area contributed by atoms with E-state index >= 15 is 0 Å². The summed E-state index contributed by atoms with van der Waals surface area (Å²) in [6.45, 7) is 4.50. The Morgan fingerprint density at radius 3 is 2.17 bits per heavy atom. The third kappa shape index (κ3) is 3.92. The van der Waals surface area contributed by atoms with Crippen LogP contribution in [0.15, 0.2) is 0 Å². The van der Waals surface area contributed by atoms with Gasteiger partial charge in [-0.15, -0.1) is 0 Å². The van der Waals surface area contributed by atoms with Crippen molar-refractivity contribution in [2.24, 2.45) is 5.73 Å². The van der Waals surface area contributed by atoms with Crippen molar-refractivity contribution in [3.8, 4) is 0 Å². The lowest BCUT2D eigenvalue weighted by Crippen LogP contribution is -2.23. The first kappa shape index (κ1) is 5.92. The zero-order chi connectivity index (χ0) is 4.99. The molecule has 6 heavy (non-hydrogen) atoms. The Hall–Kier alpha value is -0.0800. The zero-order valence-corrected chi connectivity index (χ0v) is 4.28. The van der Waals surface area contributed by atoms with Gasteiger partial charge in [0.1, 0.15) is 0 Å². The van der Waals surface area contributed by atoms with E-state index in [0.717, 1.165) is 6.04 Å². The number of rotatable bonds is 2. The van der Waals surface area contributed by atoms with Crippen molar-refractivity contribution in [1.29, 1.82) is 0 Å². The summed E-state index contributed by atoms with van der Waals surface area (Å²) in [5.74, 6) is 0. The molecule has 1 radical (unpaired) electrons. The molecular weight excluding hydrogens is 76.1 g/mol. The summed E-state index contributed by atoms with van der Waals surface area (Å²) in [6, 6.07) is 1.16. The van der Waals surface area contributed by atoms with Gasteiger partial charge in [-0.05, 0) is 13.8 Å². The lowest BCUT2D eigenvalue weighted by molar-refractivity contribution is 0.728. The predicted molar refractivity (Wildman–Crippen MR) is 26.8 cm³/mol. The largest absolute Gasteiger partial charge is 0.318 e. The maximum absolute atomic E-state index is 5.10. The van der Waals surface area contributed by atoms with Crippen LogP contribution in [0.5, 0.6) is 0 Å². The van der Waals surface area contributed by atoms with E-state index in [2.05, 4.69) is 5.32 Å². The normalized spacial score (nSPS) is 10.0. The molecular formula is C4H11N2. The predicted octanol–water partition coefficient (Wildman–Crippen LogP) is 0.0640. The molecule has 0 aromatic heterocycles. The molecule has 0 amide bonds. The van der Waals surface area contributed by atoms with Crippen LogP contribution in [-0.2, 0) is 0 Å². The van der Waals surface area contributed by atoms with E-state index in [9.17, 15) is 0 Å². The van der Waals surface area contributed by atoms with Crippen LogP contribution < -0.4 is 11.1 Å². The molecule has 0 aromatic rings. The van der Waals surface area contributed by atoms with Gasteiger partial charge in [-0.1, -0.05) is 0 Å². The van der Waals surface area contributed by atoms with Gasteiger partial charge in [-0.2, -0.15) is 0 Å². The molecule has 0 aliphatic heterocycles. The van der Waals surface area contributed by atoms with Crippen LogP contribution in [0.2, 0.25) is 0 Å². The maximum Gasteiger partial charge on any atom is 0.0433 e. The fourth-order valence-electron chi connectivity index (χ4n) is 0.204. The highest BCUT2D eigenvalue weighted by Gasteiger charge is 1.83. The Labute approximate surface area is 38.7 Å². The van der Waals surface area contributed by atoms with E-state index in [-0.39, 0.29) is 0 Å². The summed E-state index contributed by atoms with van der Waals surface area (Å²) < 4.78 is 0. The van der Waals surface area contributed by atoms with Gasteiger partial charge in [0.2, 0.25) is 0 Å². The van der Waals surface area contributed by atoms with Gasteiger partial charge < -0.3 is 5.73 Å². The van der Waals surface area contributed by atoms with Gasteiger partial charge in [-0.25, -0.2) is 0 Å². The van der Waals surface area contributed by atoms with Crippen LogP contribution in [0.25, 0.3) is 0 Å². The number of nitrogens with one attached hydrogen (secondary N) is 1. The van der Waals surface area contributed by atoms with Crippen LogP contribution in [0, 0.1) is 6.04 Å². The first-order valence-corrected chi connectivity index (χ1v) is 2.01.